The summed E-state index contributed by atoms with van der Waals surface area (Å²) in [6.45, 7) is 1.87. The number of carbonyl (C=O) groups is 1. The molecule has 0 radical (unpaired) electrons. The monoisotopic (exact) mass is 363 g/mol. The van der Waals surface area contributed by atoms with Crippen LogP contribution in [0.2, 0.25) is 5.02 Å². The summed E-state index contributed by atoms with van der Waals surface area (Å²) in [5, 5.41) is 3.13. The van der Waals surface area contributed by atoms with Gasteiger partial charge in [0, 0.05) is 29.5 Å². The van der Waals surface area contributed by atoms with E-state index < -0.39 is 5.91 Å². The van der Waals surface area contributed by atoms with Gasteiger partial charge in [0.15, 0.2) is 11.5 Å². The molecule has 1 aliphatic heterocycles. The number of hydrogen-bond acceptors (Lipinski definition) is 5. The van der Waals surface area contributed by atoms with Crippen LogP contribution in [0.15, 0.2) is 30.6 Å². The Bertz CT molecular complexity index is 746. The number of nitrogens with zero attached hydrogens (tertiary/aromatic N) is 3. The lowest BCUT2D eigenvalue weighted by Gasteiger charge is -2.29. The summed E-state index contributed by atoms with van der Waals surface area (Å²) in [7, 11) is 0. The van der Waals surface area contributed by atoms with Gasteiger partial charge in [-0.2, -0.15) is 0 Å². The molecule has 3 N–H and O–H groups in total. The van der Waals surface area contributed by atoms with Gasteiger partial charge in [-0.15, -0.1) is 0 Å². The van der Waals surface area contributed by atoms with Crippen LogP contribution >= 0.6 is 11.6 Å². The highest BCUT2D eigenvalue weighted by Gasteiger charge is 2.28. The minimum atomic E-state index is -0.442. The highest BCUT2D eigenvalue weighted by atomic mass is 35.5. The summed E-state index contributed by atoms with van der Waals surface area (Å²) in [6.07, 6.45) is 4.89. The Morgan fingerprint density at radius 3 is 2.72 bits per heavy atom. The minimum Gasteiger partial charge on any atom is -0.382 e. The van der Waals surface area contributed by atoms with Gasteiger partial charge in [0.05, 0.1) is 6.04 Å². The van der Waals surface area contributed by atoms with E-state index in [0.29, 0.717) is 10.6 Å². The van der Waals surface area contributed by atoms with Crippen LogP contribution in [0.3, 0.4) is 0 Å². The average molecular weight is 364 g/mol. The van der Waals surface area contributed by atoms with Gasteiger partial charge in [-0.05, 0) is 38.1 Å². The van der Waals surface area contributed by atoms with E-state index in [-0.39, 0.29) is 29.9 Å². The third-order valence-electron chi connectivity index (χ3n) is 4.31. The van der Waals surface area contributed by atoms with Crippen molar-refractivity contribution in [3.8, 4) is 0 Å². The lowest BCUT2D eigenvalue weighted by molar-refractivity contribution is 0.0933. The Labute approximate surface area is 150 Å². The van der Waals surface area contributed by atoms with Crippen LogP contribution in [0.25, 0.3) is 0 Å². The molecule has 1 aliphatic rings. The van der Waals surface area contributed by atoms with E-state index in [1.54, 1.807) is 12.1 Å². The van der Waals surface area contributed by atoms with Crippen LogP contribution in [0.4, 0.5) is 10.2 Å². The maximum absolute atomic E-state index is 14.4. The van der Waals surface area contributed by atoms with Crippen LogP contribution in [-0.2, 0) is 0 Å². The van der Waals surface area contributed by atoms with Gasteiger partial charge in [-0.1, -0.05) is 17.7 Å². The number of nitrogens with two attached hydrogens (primary N) is 1. The van der Waals surface area contributed by atoms with E-state index in [4.69, 9.17) is 17.3 Å². The van der Waals surface area contributed by atoms with Crippen LogP contribution in [0.1, 0.15) is 34.9 Å². The molecule has 3 rings (SSSR count). The summed E-state index contributed by atoms with van der Waals surface area (Å²) < 4.78 is 14.4. The van der Waals surface area contributed by atoms with Crippen molar-refractivity contribution >= 4 is 23.3 Å². The van der Waals surface area contributed by atoms with Gasteiger partial charge in [0.1, 0.15) is 5.82 Å². The Hall–Kier alpha value is -2.25. The lowest BCUT2D eigenvalue weighted by atomic mass is 10.0. The first-order valence-corrected chi connectivity index (χ1v) is 8.48. The van der Waals surface area contributed by atoms with Crippen molar-refractivity contribution in [3.05, 3.63) is 52.7 Å². The summed E-state index contributed by atoms with van der Waals surface area (Å²) in [4.78, 5) is 22.3. The van der Waals surface area contributed by atoms with Crippen LogP contribution in [0.5, 0.6) is 0 Å². The summed E-state index contributed by atoms with van der Waals surface area (Å²) >= 11 is 6.24. The number of likely N-dealkylation sites (tertiary alicyclic amines) is 1. The van der Waals surface area contributed by atoms with Crippen LogP contribution < -0.4 is 11.1 Å². The molecular formula is C17H19ClFN5O. The third kappa shape index (κ3) is 3.88. The Balaban J connectivity index is 1.81. The number of carbonyl (C=O) groups excluding carboxylic acids is 1. The average Bonchev–Trinajstić information content (AvgIpc) is 3.12. The number of anilines is 1. The second-order valence-electron chi connectivity index (χ2n) is 5.89. The molecule has 0 bridgehead atoms. The predicted octanol–water partition coefficient (Wildman–Crippen LogP) is 2.42. The van der Waals surface area contributed by atoms with Gasteiger partial charge in [-0.25, -0.2) is 14.4 Å². The van der Waals surface area contributed by atoms with E-state index >= 15 is 0 Å². The summed E-state index contributed by atoms with van der Waals surface area (Å²) in [5.41, 5.74) is 6.14. The smallest absolute Gasteiger partial charge is 0.273 e. The quantitative estimate of drug-likeness (QED) is 0.852. The number of nitrogen functional groups attached to an aromatic ring is 1. The maximum atomic E-state index is 14.4. The van der Waals surface area contributed by atoms with Crippen molar-refractivity contribution in [2.75, 3.05) is 25.4 Å². The molecule has 1 atom stereocenters. The first kappa shape index (κ1) is 17.6. The number of rotatable bonds is 5. The first-order chi connectivity index (χ1) is 12.1. The molecule has 0 aliphatic carbocycles. The number of nitrogens with one attached hydrogen (secondary N) is 1. The predicted molar refractivity (Wildman–Crippen MR) is 93.7 cm³/mol. The number of benzene rings is 1. The van der Waals surface area contributed by atoms with Gasteiger partial charge < -0.3 is 11.1 Å². The van der Waals surface area contributed by atoms with Crippen LogP contribution in [0, 0.1) is 5.82 Å². The largest absolute Gasteiger partial charge is 0.382 e. The van der Waals surface area contributed by atoms with Crippen molar-refractivity contribution in [2.45, 2.75) is 18.9 Å². The molecule has 1 aromatic heterocycles. The van der Waals surface area contributed by atoms with Crippen LogP contribution in [-0.4, -0.2) is 40.4 Å². The Morgan fingerprint density at radius 1 is 1.32 bits per heavy atom. The van der Waals surface area contributed by atoms with E-state index in [9.17, 15) is 9.18 Å². The van der Waals surface area contributed by atoms with Crippen molar-refractivity contribution in [2.24, 2.45) is 0 Å². The molecule has 0 spiro atoms. The lowest BCUT2D eigenvalue weighted by Crippen LogP contribution is -2.38. The van der Waals surface area contributed by atoms with E-state index in [0.717, 1.165) is 25.9 Å². The molecule has 1 fully saturated rings. The molecule has 132 valence electrons. The van der Waals surface area contributed by atoms with Gasteiger partial charge in [0.25, 0.3) is 5.91 Å². The summed E-state index contributed by atoms with van der Waals surface area (Å²) in [5.74, 6) is -0.762. The summed E-state index contributed by atoms with van der Waals surface area (Å²) in [6, 6.07) is 4.26. The fraction of sp³-hybridized carbons (Fsp3) is 0.353. The highest BCUT2D eigenvalue weighted by Crippen LogP contribution is 2.32. The number of halogens is 2. The van der Waals surface area contributed by atoms with Gasteiger partial charge in [0.2, 0.25) is 0 Å². The fourth-order valence-electron chi connectivity index (χ4n) is 3.09. The second-order valence-corrected chi connectivity index (χ2v) is 6.30. The molecule has 1 amide bonds. The molecule has 1 aromatic carbocycles. The molecular weight excluding hydrogens is 345 g/mol. The standard InChI is InChI=1S/C17H19ClFN5O/c18-11-4-3-5-12(19)14(11)13(24-8-1-2-9-24)10-23-17(25)15-16(20)22-7-6-21-15/h3-7,13H,1-2,8-10H2,(H2,20,22)(H,23,25). The maximum Gasteiger partial charge on any atom is 0.273 e. The Kier molecular flexibility index (Phi) is 5.45. The number of hydrogen-bond donors (Lipinski definition) is 2. The zero-order chi connectivity index (χ0) is 17.8. The third-order valence-corrected chi connectivity index (χ3v) is 4.64. The number of amides is 1. The highest BCUT2D eigenvalue weighted by molar-refractivity contribution is 6.31. The van der Waals surface area contributed by atoms with E-state index in [1.807, 2.05) is 0 Å². The van der Waals surface area contributed by atoms with E-state index in [2.05, 4.69) is 20.2 Å². The molecule has 0 saturated carbocycles. The molecule has 2 heterocycles. The second kappa shape index (κ2) is 7.76. The SMILES string of the molecule is Nc1nccnc1C(=O)NCC(c1c(F)cccc1Cl)N1CCCC1. The molecule has 1 saturated heterocycles. The van der Waals surface area contributed by atoms with Crippen molar-refractivity contribution < 1.29 is 9.18 Å². The number of aromatic nitrogens is 2. The van der Waals surface area contributed by atoms with E-state index in [1.165, 1.54) is 18.5 Å². The minimum absolute atomic E-state index is 0.0571. The Morgan fingerprint density at radius 2 is 2.04 bits per heavy atom. The van der Waals surface area contributed by atoms with Crippen molar-refractivity contribution in [1.82, 2.24) is 20.2 Å². The molecule has 6 nitrogen and oxygen atoms in total. The first-order valence-electron chi connectivity index (χ1n) is 8.10. The molecule has 25 heavy (non-hydrogen) atoms. The fourth-order valence-corrected chi connectivity index (χ4v) is 3.38. The van der Waals surface area contributed by atoms with Crippen molar-refractivity contribution in [1.29, 1.82) is 0 Å². The topological polar surface area (TPSA) is 84.1 Å². The molecule has 2 aromatic rings. The molecule has 1 unspecified atom stereocenters. The normalized spacial score (nSPS) is 15.9. The molecule has 8 heteroatoms. The van der Waals surface area contributed by atoms with Gasteiger partial charge >= 0.3 is 0 Å². The van der Waals surface area contributed by atoms with Crippen molar-refractivity contribution in [3.63, 3.8) is 0 Å². The zero-order valence-corrected chi connectivity index (χ0v) is 14.3. The van der Waals surface area contributed by atoms with Gasteiger partial charge in [-0.3, -0.25) is 9.69 Å². The zero-order valence-electron chi connectivity index (χ0n) is 13.6.